The molecule has 40 heavy (non-hydrogen) atoms. The van der Waals surface area contributed by atoms with Crippen molar-refractivity contribution in [3.63, 3.8) is 0 Å². The fraction of sp³-hybridized carbons (Fsp3) is 0.0571. The summed E-state index contributed by atoms with van der Waals surface area (Å²) in [6.45, 7) is 0. The van der Waals surface area contributed by atoms with E-state index in [0.29, 0.717) is 0 Å². The predicted octanol–water partition coefficient (Wildman–Crippen LogP) is 7.73. The minimum absolute atomic E-state index is 0.0572. The Hall–Kier alpha value is -5.29. The zero-order valence-corrected chi connectivity index (χ0v) is 21.7. The van der Waals surface area contributed by atoms with Crippen LogP contribution in [0.3, 0.4) is 0 Å². The molecule has 5 heteroatoms. The molecule has 1 aromatic heterocycles. The van der Waals surface area contributed by atoms with Gasteiger partial charge in [0, 0.05) is 17.3 Å². The van der Waals surface area contributed by atoms with Gasteiger partial charge in [0.15, 0.2) is 0 Å². The number of allylic oxidation sites excluding steroid dienone is 3. The number of hydrogen-bond acceptors (Lipinski definition) is 5. The van der Waals surface area contributed by atoms with Crippen LogP contribution in [0.2, 0.25) is 0 Å². The topological polar surface area (TPSA) is 52.8 Å². The fourth-order valence-corrected chi connectivity index (χ4v) is 5.64. The molecule has 8 rings (SSSR count). The van der Waals surface area contributed by atoms with E-state index in [1.807, 2.05) is 30.3 Å². The standard InChI is InChI=1S/C35H26N4O/c1-3-9-24(10-4-1)29-21-30(25-11-5-2-6-12-25)37-34(36-29)26-17-15-23(16-18-26)27-19-20-32-38-33-28-13-7-8-14-31(28)40-35(33)39(32)22-27/h1-22,32,34,36,38H. The van der Waals surface area contributed by atoms with E-state index in [1.54, 1.807) is 0 Å². The van der Waals surface area contributed by atoms with E-state index < -0.39 is 0 Å². The van der Waals surface area contributed by atoms with Crippen LogP contribution >= 0.6 is 0 Å². The summed E-state index contributed by atoms with van der Waals surface area (Å²) >= 11 is 0. The van der Waals surface area contributed by atoms with Gasteiger partial charge in [0.1, 0.15) is 23.6 Å². The largest absolute Gasteiger partial charge is 0.438 e. The minimum atomic E-state index is -0.189. The van der Waals surface area contributed by atoms with Crippen molar-refractivity contribution in [3.05, 3.63) is 156 Å². The number of aliphatic imine (C=N–C) groups is 1. The summed E-state index contributed by atoms with van der Waals surface area (Å²) in [7, 11) is 0. The molecule has 0 bridgehead atoms. The number of anilines is 2. The zero-order valence-electron chi connectivity index (χ0n) is 21.7. The summed E-state index contributed by atoms with van der Waals surface area (Å²) in [6.07, 6.45) is 8.54. The molecular weight excluding hydrogens is 492 g/mol. The average molecular weight is 519 g/mol. The second-order valence-corrected chi connectivity index (χ2v) is 10.2. The summed E-state index contributed by atoms with van der Waals surface area (Å²) in [5.74, 6) is 0.860. The number of nitrogens with zero attached hydrogens (tertiary/aromatic N) is 2. The maximum Gasteiger partial charge on any atom is 0.226 e. The van der Waals surface area contributed by atoms with Crippen LogP contribution in [0.25, 0.3) is 22.2 Å². The quantitative estimate of drug-likeness (QED) is 0.256. The second-order valence-electron chi connectivity index (χ2n) is 10.2. The van der Waals surface area contributed by atoms with Crippen LogP contribution in [0.15, 0.2) is 143 Å². The van der Waals surface area contributed by atoms with Crippen LogP contribution in [0, 0.1) is 0 Å². The van der Waals surface area contributed by atoms with Crippen molar-refractivity contribution in [2.24, 2.45) is 4.99 Å². The summed E-state index contributed by atoms with van der Waals surface area (Å²) in [4.78, 5) is 7.28. The van der Waals surface area contributed by atoms with Gasteiger partial charge in [0.25, 0.3) is 0 Å². The van der Waals surface area contributed by atoms with E-state index in [-0.39, 0.29) is 12.3 Å². The smallest absolute Gasteiger partial charge is 0.226 e. The van der Waals surface area contributed by atoms with Crippen LogP contribution < -0.4 is 15.5 Å². The van der Waals surface area contributed by atoms with Crippen molar-refractivity contribution in [1.29, 1.82) is 0 Å². The lowest BCUT2D eigenvalue weighted by Gasteiger charge is -2.26. The lowest BCUT2D eigenvalue weighted by atomic mass is 9.99. The van der Waals surface area contributed by atoms with E-state index in [9.17, 15) is 0 Å². The fourth-order valence-electron chi connectivity index (χ4n) is 5.64. The highest BCUT2D eigenvalue weighted by atomic mass is 16.4. The maximum absolute atomic E-state index is 6.21. The Morgan fingerprint density at radius 3 is 2.23 bits per heavy atom. The van der Waals surface area contributed by atoms with Crippen molar-refractivity contribution < 1.29 is 4.42 Å². The summed E-state index contributed by atoms with van der Waals surface area (Å²) in [6, 6.07) is 37.6. The van der Waals surface area contributed by atoms with E-state index >= 15 is 0 Å². The monoisotopic (exact) mass is 518 g/mol. The molecule has 0 saturated heterocycles. The highest BCUT2D eigenvalue weighted by molar-refractivity contribution is 6.13. The van der Waals surface area contributed by atoms with Gasteiger partial charge in [-0.25, -0.2) is 0 Å². The molecule has 0 radical (unpaired) electrons. The van der Waals surface area contributed by atoms with Crippen molar-refractivity contribution in [2.45, 2.75) is 12.3 Å². The molecule has 2 unspecified atom stereocenters. The van der Waals surface area contributed by atoms with Gasteiger partial charge in [0.05, 0.1) is 5.71 Å². The van der Waals surface area contributed by atoms with Gasteiger partial charge in [-0.15, -0.1) is 0 Å². The zero-order chi connectivity index (χ0) is 26.5. The first-order chi connectivity index (χ1) is 19.8. The number of furan rings is 1. The van der Waals surface area contributed by atoms with E-state index in [1.165, 1.54) is 0 Å². The molecular formula is C35H26N4O. The third-order valence-corrected chi connectivity index (χ3v) is 7.70. The number of hydrogen-bond donors (Lipinski definition) is 2. The summed E-state index contributed by atoms with van der Waals surface area (Å²) < 4.78 is 6.21. The van der Waals surface area contributed by atoms with Crippen molar-refractivity contribution in [3.8, 4) is 0 Å². The molecule has 3 aliphatic rings. The molecule has 0 saturated carbocycles. The van der Waals surface area contributed by atoms with Gasteiger partial charge in [-0.3, -0.25) is 9.89 Å². The highest BCUT2D eigenvalue weighted by Gasteiger charge is 2.33. The number of fused-ring (bicyclic) bond motifs is 5. The van der Waals surface area contributed by atoms with E-state index in [0.717, 1.165) is 61.8 Å². The maximum atomic E-state index is 6.21. The molecule has 192 valence electrons. The van der Waals surface area contributed by atoms with Crippen molar-refractivity contribution >= 4 is 39.5 Å². The Morgan fingerprint density at radius 2 is 1.43 bits per heavy atom. The van der Waals surface area contributed by atoms with Crippen molar-refractivity contribution in [2.75, 3.05) is 10.2 Å². The van der Waals surface area contributed by atoms with Crippen LogP contribution in [0.4, 0.5) is 11.6 Å². The van der Waals surface area contributed by atoms with Gasteiger partial charge in [-0.1, -0.05) is 103 Å². The average Bonchev–Trinajstić information content (AvgIpc) is 3.58. The number of nitrogens with one attached hydrogen (secondary N) is 2. The highest BCUT2D eigenvalue weighted by Crippen LogP contribution is 2.45. The van der Waals surface area contributed by atoms with Gasteiger partial charge in [0.2, 0.25) is 5.88 Å². The molecule has 5 aromatic rings. The summed E-state index contributed by atoms with van der Waals surface area (Å²) in [5, 5.41) is 8.36. The number of benzene rings is 4. The number of para-hydroxylation sites is 1. The summed E-state index contributed by atoms with van der Waals surface area (Å²) in [5.41, 5.74) is 9.62. The predicted molar refractivity (Wildman–Crippen MR) is 163 cm³/mol. The molecule has 0 aliphatic carbocycles. The van der Waals surface area contributed by atoms with Crippen LogP contribution in [-0.2, 0) is 0 Å². The molecule has 4 aromatic carbocycles. The van der Waals surface area contributed by atoms with E-state index in [4.69, 9.17) is 9.41 Å². The molecule has 0 amide bonds. The minimum Gasteiger partial charge on any atom is -0.438 e. The molecule has 0 fully saturated rings. The first-order valence-corrected chi connectivity index (χ1v) is 13.5. The first-order valence-electron chi connectivity index (χ1n) is 13.5. The molecule has 4 heterocycles. The number of rotatable bonds is 4. The van der Waals surface area contributed by atoms with Gasteiger partial charge in [-0.2, -0.15) is 0 Å². The molecule has 2 N–H and O–H groups in total. The van der Waals surface area contributed by atoms with Gasteiger partial charge < -0.3 is 15.1 Å². The molecule has 3 aliphatic heterocycles. The lowest BCUT2D eigenvalue weighted by Crippen LogP contribution is -2.31. The van der Waals surface area contributed by atoms with Gasteiger partial charge in [-0.05, 0) is 52.1 Å². The SMILES string of the molecule is C1=CC2Nc3c(oc4ccccc34)N2C=C1c1ccc(C2N=C(c3ccccc3)C=C(c3ccccc3)N2)cc1. The Kier molecular flexibility index (Phi) is 5.20. The molecule has 2 atom stereocenters. The molecule has 5 nitrogen and oxygen atoms in total. The first kappa shape index (κ1) is 22.7. The Labute approximate surface area is 232 Å². The Bertz CT molecular complexity index is 1850. The third kappa shape index (κ3) is 3.83. The Balaban J connectivity index is 1.10. The van der Waals surface area contributed by atoms with Crippen LogP contribution in [0.1, 0.15) is 28.4 Å². The Morgan fingerprint density at radius 1 is 0.700 bits per heavy atom. The van der Waals surface area contributed by atoms with Crippen LogP contribution in [-0.4, -0.2) is 11.9 Å². The van der Waals surface area contributed by atoms with Crippen LogP contribution in [0.5, 0.6) is 0 Å². The molecule has 0 spiro atoms. The van der Waals surface area contributed by atoms with Crippen molar-refractivity contribution in [1.82, 2.24) is 5.32 Å². The van der Waals surface area contributed by atoms with Gasteiger partial charge >= 0.3 is 0 Å². The second kappa shape index (κ2) is 9.17. The third-order valence-electron chi connectivity index (χ3n) is 7.70. The normalized spacial score (nSPS) is 19.2. The van der Waals surface area contributed by atoms with E-state index in [2.05, 4.69) is 119 Å². The lowest BCUT2D eigenvalue weighted by molar-refractivity contribution is 0.608.